The zero-order chi connectivity index (χ0) is 15.5. The van der Waals surface area contributed by atoms with Gasteiger partial charge in [-0.3, -0.25) is 4.79 Å². The van der Waals surface area contributed by atoms with Crippen LogP contribution in [0.2, 0.25) is 0 Å². The number of benzene rings is 1. The number of alkyl halides is 3. The van der Waals surface area contributed by atoms with E-state index in [-0.39, 0.29) is 13.0 Å². The van der Waals surface area contributed by atoms with Gasteiger partial charge >= 0.3 is 12.1 Å². The van der Waals surface area contributed by atoms with Crippen LogP contribution in [0, 0.1) is 0 Å². The Morgan fingerprint density at radius 2 is 1.95 bits per heavy atom. The predicted molar refractivity (Wildman–Crippen MR) is 72.9 cm³/mol. The summed E-state index contributed by atoms with van der Waals surface area (Å²) in [4.78, 5) is 14.8. The molecule has 110 valence electrons. The Bertz CT molecular complexity index is 623. The molecule has 0 aliphatic rings. The number of nitrogens with zero attached hydrogens (tertiary/aromatic N) is 1. The van der Waals surface area contributed by atoms with Gasteiger partial charge in [0.25, 0.3) is 0 Å². The summed E-state index contributed by atoms with van der Waals surface area (Å²) < 4.78 is 41.2. The standard InChI is InChI=1S/C13H12BF3N2O2/c14-9-3-1-8(2-4-9)11-19-10(7-21-11)5-6-18-12(20)13(15,16)17/h1-4,7H,5-6,14H2,(H,18,20). The molecule has 1 aromatic carbocycles. The normalized spacial score (nSPS) is 11.4. The molecule has 0 bridgehead atoms. The molecule has 0 aliphatic carbocycles. The SMILES string of the molecule is Bc1ccc(-c2nc(CCNC(=O)C(F)(F)F)co2)cc1. The van der Waals surface area contributed by atoms with Crippen LogP contribution in [0.3, 0.4) is 0 Å². The fraction of sp³-hybridized carbons (Fsp3) is 0.231. The molecule has 0 aliphatic heterocycles. The Balaban J connectivity index is 1.92. The van der Waals surface area contributed by atoms with Gasteiger partial charge in [-0.05, 0) is 0 Å². The van der Waals surface area contributed by atoms with E-state index in [1.54, 1.807) is 5.32 Å². The summed E-state index contributed by atoms with van der Waals surface area (Å²) in [6, 6.07) is 7.50. The van der Waals surface area contributed by atoms with Crippen molar-refractivity contribution < 1.29 is 22.4 Å². The summed E-state index contributed by atoms with van der Waals surface area (Å²) in [6.07, 6.45) is -3.33. The van der Waals surface area contributed by atoms with E-state index in [0.717, 1.165) is 11.0 Å². The van der Waals surface area contributed by atoms with Crippen LogP contribution in [-0.4, -0.2) is 31.5 Å². The van der Waals surface area contributed by atoms with Crippen LogP contribution in [0.5, 0.6) is 0 Å². The zero-order valence-corrected chi connectivity index (χ0v) is 11.2. The number of carbonyl (C=O) groups is 1. The van der Waals surface area contributed by atoms with Gasteiger partial charge in [-0.25, -0.2) is 4.98 Å². The summed E-state index contributed by atoms with van der Waals surface area (Å²) in [7, 11) is 1.95. The van der Waals surface area contributed by atoms with Crippen LogP contribution in [0.15, 0.2) is 34.9 Å². The first-order valence-corrected chi connectivity index (χ1v) is 6.23. The molecular formula is C13H12BF3N2O2. The van der Waals surface area contributed by atoms with Crippen molar-refractivity contribution in [2.24, 2.45) is 0 Å². The number of aromatic nitrogens is 1. The molecule has 0 spiro atoms. The monoisotopic (exact) mass is 296 g/mol. The highest BCUT2D eigenvalue weighted by molar-refractivity contribution is 6.32. The minimum Gasteiger partial charge on any atom is -0.444 e. The third kappa shape index (κ3) is 4.11. The van der Waals surface area contributed by atoms with Gasteiger partial charge in [-0.15, -0.1) is 0 Å². The van der Waals surface area contributed by atoms with Gasteiger partial charge in [0.2, 0.25) is 5.89 Å². The molecule has 0 saturated heterocycles. The van der Waals surface area contributed by atoms with Gasteiger partial charge in [-0.2, -0.15) is 13.2 Å². The van der Waals surface area contributed by atoms with Crippen molar-refractivity contribution in [2.45, 2.75) is 12.6 Å². The van der Waals surface area contributed by atoms with E-state index in [9.17, 15) is 18.0 Å². The Morgan fingerprint density at radius 3 is 2.57 bits per heavy atom. The zero-order valence-electron chi connectivity index (χ0n) is 11.2. The van der Waals surface area contributed by atoms with Gasteiger partial charge in [0, 0.05) is 18.5 Å². The van der Waals surface area contributed by atoms with Gasteiger partial charge in [0.05, 0.1) is 5.69 Å². The number of oxazole rings is 1. The van der Waals surface area contributed by atoms with Crippen LogP contribution in [-0.2, 0) is 11.2 Å². The van der Waals surface area contributed by atoms with E-state index < -0.39 is 12.1 Å². The van der Waals surface area contributed by atoms with E-state index in [0.29, 0.717) is 11.6 Å². The minimum atomic E-state index is -4.86. The van der Waals surface area contributed by atoms with Crippen LogP contribution < -0.4 is 10.8 Å². The third-order valence-corrected chi connectivity index (χ3v) is 2.77. The molecule has 2 rings (SSSR count). The highest BCUT2D eigenvalue weighted by atomic mass is 19.4. The quantitative estimate of drug-likeness (QED) is 0.850. The van der Waals surface area contributed by atoms with Crippen molar-refractivity contribution in [3.05, 3.63) is 36.2 Å². The number of carbonyl (C=O) groups excluding carboxylic acids is 1. The van der Waals surface area contributed by atoms with Gasteiger partial charge in [0.1, 0.15) is 14.1 Å². The highest BCUT2D eigenvalue weighted by Crippen LogP contribution is 2.18. The molecule has 1 N–H and O–H groups in total. The number of halogens is 3. The van der Waals surface area contributed by atoms with Gasteiger partial charge in [-0.1, -0.05) is 29.7 Å². The number of amides is 1. The first-order chi connectivity index (χ1) is 9.86. The highest BCUT2D eigenvalue weighted by Gasteiger charge is 2.38. The second-order valence-electron chi connectivity index (χ2n) is 4.51. The number of nitrogens with one attached hydrogen (secondary N) is 1. The lowest BCUT2D eigenvalue weighted by Crippen LogP contribution is -2.37. The van der Waals surface area contributed by atoms with Crippen LogP contribution in [0.25, 0.3) is 11.5 Å². The van der Waals surface area contributed by atoms with E-state index >= 15 is 0 Å². The fourth-order valence-corrected chi connectivity index (χ4v) is 1.65. The largest absolute Gasteiger partial charge is 0.471 e. The Morgan fingerprint density at radius 1 is 1.29 bits per heavy atom. The number of hydrogen-bond donors (Lipinski definition) is 1. The van der Waals surface area contributed by atoms with Crippen molar-refractivity contribution in [2.75, 3.05) is 6.54 Å². The van der Waals surface area contributed by atoms with Gasteiger partial charge < -0.3 is 9.73 Å². The molecule has 8 heteroatoms. The predicted octanol–water partition coefficient (Wildman–Crippen LogP) is 0.821. The average molecular weight is 296 g/mol. The molecule has 0 saturated carbocycles. The summed E-state index contributed by atoms with van der Waals surface area (Å²) in [5.74, 6) is -1.56. The lowest BCUT2D eigenvalue weighted by Gasteiger charge is -2.06. The van der Waals surface area contributed by atoms with Crippen molar-refractivity contribution in [3.8, 4) is 11.5 Å². The molecule has 21 heavy (non-hydrogen) atoms. The maximum atomic E-state index is 12.0. The second kappa shape index (κ2) is 6.03. The second-order valence-corrected chi connectivity index (χ2v) is 4.51. The van der Waals surface area contributed by atoms with Crippen LogP contribution in [0.4, 0.5) is 13.2 Å². The van der Waals surface area contributed by atoms with Crippen molar-refractivity contribution >= 4 is 19.2 Å². The lowest BCUT2D eigenvalue weighted by molar-refractivity contribution is -0.173. The van der Waals surface area contributed by atoms with E-state index in [1.165, 1.54) is 6.26 Å². The molecular weight excluding hydrogens is 284 g/mol. The molecule has 0 atom stereocenters. The van der Waals surface area contributed by atoms with E-state index in [2.05, 4.69) is 4.98 Å². The smallest absolute Gasteiger partial charge is 0.444 e. The minimum absolute atomic E-state index is 0.155. The Kier molecular flexibility index (Phi) is 4.35. The maximum absolute atomic E-state index is 12.0. The first kappa shape index (κ1) is 15.1. The Labute approximate surface area is 119 Å². The van der Waals surface area contributed by atoms with Crippen LogP contribution in [0.1, 0.15) is 5.69 Å². The average Bonchev–Trinajstić information content (AvgIpc) is 2.87. The summed E-state index contributed by atoms with van der Waals surface area (Å²) in [5, 5.41) is 1.78. The molecule has 0 fully saturated rings. The topological polar surface area (TPSA) is 55.1 Å². The van der Waals surface area contributed by atoms with Crippen molar-refractivity contribution in [1.29, 1.82) is 0 Å². The van der Waals surface area contributed by atoms with Crippen molar-refractivity contribution in [1.82, 2.24) is 10.3 Å². The molecule has 1 heterocycles. The molecule has 4 nitrogen and oxygen atoms in total. The first-order valence-electron chi connectivity index (χ1n) is 6.23. The molecule has 2 aromatic rings. The summed E-state index contributed by atoms with van der Waals surface area (Å²) in [5.41, 5.74) is 2.36. The summed E-state index contributed by atoms with van der Waals surface area (Å²) >= 11 is 0. The lowest BCUT2D eigenvalue weighted by atomic mass is 9.95. The molecule has 0 radical (unpaired) electrons. The number of rotatable bonds is 4. The van der Waals surface area contributed by atoms with Crippen molar-refractivity contribution in [3.63, 3.8) is 0 Å². The Hall–Kier alpha value is -2.25. The maximum Gasteiger partial charge on any atom is 0.471 e. The fourth-order valence-electron chi connectivity index (χ4n) is 1.65. The van der Waals surface area contributed by atoms with E-state index in [4.69, 9.17) is 4.42 Å². The third-order valence-electron chi connectivity index (χ3n) is 2.77. The van der Waals surface area contributed by atoms with E-state index in [1.807, 2.05) is 32.1 Å². The molecule has 1 aromatic heterocycles. The summed E-state index contributed by atoms with van der Waals surface area (Å²) in [6.45, 7) is -0.155. The number of hydrogen-bond acceptors (Lipinski definition) is 3. The van der Waals surface area contributed by atoms with Crippen LogP contribution >= 0.6 is 0 Å². The molecule has 1 amide bonds. The van der Waals surface area contributed by atoms with Gasteiger partial charge in [0.15, 0.2) is 0 Å². The molecule has 0 unspecified atom stereocenters.